The van der Waals surface area contributed by atoms with E-state index in [0.29, 0.717) is 35.1 Å². The zero-order valence-electron chi connectivity index (χ0n) is 43.1. The molecule has 1 aliphatic heterocycles. The van der Waals surface area contributed by atoms with Crippen molar-refractivity contribution in [2.24, 2.45) is 23.1 Å². The second-order valence-electron chi connectivity index (χ2n) is 19.2. The highest BCUT2D eigenvalue weighted by Crippen LogP contribution is 2.25. The third-order valence-corrected chi connectivity index (χ3v) is 15.3. The molecule has 0 radical (unpaired) electrons. The summed E-state index contributed by atoms with van der Waals surface area (Å²) in [6, 6.07) is 10.5. The van der Waals surface area contributed by atoms with E-state index in [1.807, 2.05) is 24.3 Å². The van der Waals surface area contributed by atoms with Crippen molar-refractivity contribution < 1.29 is 47.1 Å². The van der Waals surface area contributed by atoms with Gasteiger partial charge < -0.3 is 59.4 Å². The van der Waals surface area contributed by atoms with Crippen molar-refractivity contribution in [1.82, 2.24) is 47.2 Å². The highest BCUT2D eigenvalue weighted by molar-refractivity contribution is 8.76. The fraction of sp³-hybridized carbons (Fsp3) is 0.389. The van der Waals surface area contributed by atoms with Crippen molar-refractivity contribution >= 4 is 79.7 Å². The third kappa shape index (κ3) is 17.8. The number of halogens is 2. The zero-order valence-corrected chi connectivity index (χ0v) is 44.7. The first-order chi connectivity index (χ1) is 37.4. The number of amides is 8. The molecule has 416 valence electrons. The molecule has 1 saturated heterocycles. The number of nitrogens with two attached hydrogens (primary N) is 3. The molecule has 6 rings (SSSR count). The molecular formula is C54H66F2N12O8S2. The van der Waals surface area contributed by atoms with E-state index in [2.05, 4.69) is 47.2 Å². The Kier molecular flexibility index (Phi) is 22.5. The Hall–Kier alpha value is -7.41. The number of hydrogen-bond acceptors (Lipinski definition) is 13. The van der Waals surface area contributed by atoms with Gasteiger partial charge in [0.25, 0.3) is 0 Å². The molecule has 8 atom stereocenters. The molecule has 2 aromatic heterocycles. The zero-order chi connectivity index (χ0) is 56.3. The van der Waals surface area contributed by atoms with E-state index in [9.17, 15) is 47.1 Å². The van der Waals surface area contributed by atoms with Gasteiger partial charge in [-0.25, -0.2) is 8.78 Å². The fourth-order valence-corrected chi connectivity index (χ4v) is 10.8. The van der Waals surface area contributed by atoms with Crippen molar-refractivity contribution in [1.29, 1.82) is 0 Å². The van der Waals surface area contributed by atoms with Crippen LogP contribution in [0, 0.1) is 17.6 Å². The smallest absolute Gasteiger partial charge is 0.244 e. The Morgan fingerprint density at radius 1 is 0.705 bits per heavy atom. The van der Waals surface area contributed by atoms with Gasteiger partial charge in [-0.1, -0.05) is 84.0 Å². The summed E-state index contributed by atoms with van der Waals surface area (Å²) in [4.78, 5) is 121. The average molecular weight is 1110 g/mol. The number of fused-ring (bicyclic) bond motifs is 1. The molecule has 0 saturated carbocycles. The van der Waals surface area contributed by atoms with Crippen LogP contribution in [0.2, 0.25) is 0 Å². The Labute approximate surface area is 457 Å². The number of primary amides is 1. The predicted molar refractivity (Wildman–Crippen MR) is 293 cm³/mol. The Morgan fingerprint density at radius 2 is 1.32 bits per heavy atom. The highest BCUT2D eigenvalue weighted by atomic mass is 33.1. The van der Waals surface area contributed by atoms with Gasteiger partial charge in [0, 0.05) is 60.3 Å². The maximum Gasteiger partial charge on any atom is 0.244 e. The molecule has 3 heterocycles. The summed E-state index contributed by atoms with van der Waals surface area (Å²) in [5, 5.41) is 19.9. The monoisotopic (exact) mass is 1110 g/mol. The summed E-state index contributed by atoms with van der Waals surface area (Å²) in [6.45, 7) is 3.60. The first-order valence-corrected chi connectivity index (χ1v) is 27.9. The van der Waals surface area contributed by atoms with Gasteiger partial charge in [0.2, 0.25) is 47.3 Å². The third-order valence-electron chi connectivity index (χ3n) is 12.9. The van der Waals surface area contributed by atoms with E-state index >= 15 is 0 Å². The topological polar surface area (TPSA) is 328 Å². The van der Waals surface area contributed by atoms with Crippen LogP contribution in [0.15, 0.2) is 104 Å². The van der Waals surface area contributed by atoms with Gasteiger partial charge in [-0.15, -0.1) is 0 Å². The summed E-state index contributed by atoms with van der Waals surface area (Å²) in [6.07, 6.45) is 5.24. The molecule has 78 heavy (non-hydrogen) atoms. The molecule has 24 heteroatoms. The Bertz CT molecular complexity index is 2870. The lowest BCUT2D eigenvalue weighted by Crippen LogP contribution is -2.61. The quantitative estimate of drug-likeness (QED) is 0.0439. The summed E-state index contributed by atoms with van der Waals surface area (Å²) < 4.78 is 27.5. The molecular weight excluding hydrogens is 1050 g/mol. The normalized spacial score (nSPS) is 21.0. The van der Waals surface area contributed by atoms with Gasteiger partial charge in [-0.2, -0.15) is 0 Å². The Morgan fingerprint density at radius 3 is 1.96 bits per heavy atom. The summed E-state index contributed by atoms with van der Waals surface area (Å²) in [7, 11) is 2.01. The number of rotatable bonds is 18. The largest absolute Gasteiger partial charge is 0.368 e. The minimum Gasteiger partial charge on any atom is -0.368 e. The number of H-pyrrole nitrogens is 1. The van der Waals surface area contributed by atoms with Crippen LogP contribution < -0.4 is 54.4 Å². The van der Waals surface area contributed by atoms with E-state index < -0.39 is 113 Å². The lowest BCUT2D eigenvalue weighted by molar-refractivity contribution is -0.136. The number of carbonyl (C=O) groups is 8. The van der Waals surface area contributed by atoms with E-state index in [0.717, 1.165) is 32.5 Å². The molecule has 0 aliphatic carbocycles. The van der Waals surface area contributed by atoms with Crippen LogP contribution in [-0.2, 0) is 64.0 Å². The number of hydrogen-bond donors (Lipinski definition) is 11. The van der Waals surface area contributed by atoms with Gasteiger partial charge >= 0.3 is 0 Å². The van der Waals surface area contributed by atoms with Gasteiger partial charge in [0.05, 0.1) is 6.04 Å². The lowest BCUT2D eigenvalue weighted by atomic mass is 10.00. The summed E-state index contributed by atoms with van der Waals surface area (Å²) >= 11 is 0. The number of carbonyl (C=O) groups excluding carboxylic acids is 8. The van der Waals surface area contributed by atoms with Crippen molar-refractivity contribution in [3.63, 3.8) is 0 Å². The van der Waals surface area contributed by atoms with E-state index in [4.69, 9.17) is 17.2 Å². The van der Waals surface area contributed by atoms with Crippen molar-refractivity contribution in [3.05, 3.63) is 137 Å². The predicted octanol–water partition coefficient (Wildman–Crippen LogP) is 1.50. The van der Waals surface area contributed by atoms with Gasteiger partial charge in [-0.05, 0) is 96.8 Å². The molecule has 0 bridgehead atoms. The molecule has 3 aromatic carbocycles. The standard InChI is InChI=1S/C54H66F2N12O8S2/c1-30(2)46-54(76)67-45(52(74)63-41(47(59)69)23-32-14-18-36(56)19-15-32)29-78-77-28-44(66-48(70)38(58)22-31-12-16-35(55)17-13-31)53(75)64-42(24-33-8-7-21-60-26-33)50(72)65-43(25-34-27-61-39-10-4-3-9-37(34)39)51(73)62-40(49(71)68-46)11-5-6-20-57/h3-4,7-10,12-19,21,26-27,30,38,40-46,61H,5-6,11,20,22-25,28-29,57-58H2,1-2H3,(H2,59,69)(H,62,73)(H,63,74)(H,64,75)(H,65,72)(H,66,70)(H,67,76)(H,68,71)/t38-,40-,41-,42-,43?,44?,45?,46?/m0/s1. The maximum absolute atomic E-state index is 14.8. The van der Waals surface area contributed by atoms with Crippen LogP contribution in [0.1, 0.15) is 55.4 Å². The number of benzene rings is 3. The molecule has 1 aliphatic rings. The molecule has 14 N–H and O–H groups in total. The van der Waals surface area contributed by atoms with E-state index in [1.54, 1.807) is 32.2 Å². The molecule has 5 aromatic rings. The number of para-hydroxylation sites is 1. The van der Waals surface area contributed by atoms with Crippen LogP contribution in [0.25, 0.3) is 10.9 Å². The van der Waals surface area contributed by atoms with Crippen LogP contribution in [0.3, 0.4) is 0 Å². The van der Waals surface area contributed by atoms with Gasteiger partial charge in [-0.3, -0.25) is 43.3 Å². The SMILES string of the molecule is CC(C)C1NC(=O)[C@H](CCCCN)NC(=O)C(Cc2c[nH]c3ccccc23)NC(=O)[C@H](Cc2cccnc2)NC(=O)C(NC(=O)[C@@H](N)Cc2ccc(F)cc2)CSSCC(C(=O)N[C@@H](Cc2ccc(F)cc2)C(N)=O)NC1=O. The first kappa shape index (κ1) is 59.8. The maximum atomic E-state index is 14.8. The average Bonchev–Trinajstić information content (AvgIpc) is 3.88. The van der Waals surface area contributed by atoms with Crippen LogP contribution in [0.4, 0.5) is 8.78 Å². The van der Waals surface area contributed by atoms with Crippen LogP contribution in [-0.4, -0.2) is 124 Å². The van der Waals surface area contributed by atoms with E-state index in [1.165, 1.54) is 60.9 Å². The first-order valence-electron chi connectivity index (χ1n) is 25.4. The lowest BCUT2D eigenvalue weighted by Gasteiger charge is -2.29. The number of nitrogens with zero attached hydrogens (tertiary/aromatic N) is 1. The number of nitrogens with one attached hydrogen (secondary N) is 8. The minimum absolute atomic E-state index is 0.0378. The fourth-order valence-electron chi connectivity index (χ4n) is 8.52. The highest BCUT2D eigenvalue weighted by Gasteiger charge is 2.36. The number of unbranched alkanes of at least 4 members (excludes halogenated alkanes) is 1. The van der Waals surface area contributed by atoms with E-state index in [-0.39, 0.29) is 50.2 Å². The van der Waals surface area contributed by atoms with Crippen molar-refractivity contribution in [2.75, 3.05) is 18.1 Å². The number of pyridine rings is 1. The van der Waals surface area contributed by atoms with Crippen LogP contribution in [0.5, 0.6) is 0 Å². The second-order valence-corrected chi connectivity index (χ2v) is 21.8. The second kappa shape index (κ2) is 29.4. The molecule has 20 nitrogen and oxygen atoms in total. The molecule has 0 spiro atoms. The van der Waals surface area contributed by atoms with Crippen molar-refractivity contribution in [3.8, 4) is 0 Å². The van der Waals surface area contributed by atoms with Crippen LogP contribution >= 0.6 is 21.6 Å². The summed E-state index contributed by atoms with van der Waals surface area (Å²) in [5.74, 6) is -8.58. The number of aromatic nitrogens is 2. The molecule has 1 fully saturated rings. The van der Waals surface area contributed by atoms with Gasteiger partial charge in [0.1, 0.15) is 53.9 Å². The van der Waals surface area contributed by atoms with Crippen molar-refractivity contribution in [2.45, 2.75) is 107 Å². The minimum atomic E-state index is -1.43. The van der Waals surface area contributed by atoms with Gasteiger partial charge in [0.15, 0.2) is 0 Å². The molecule has 8 amide bonds. The summed E-state index contributed by atoms with van der Waals surface area (Å²) in [5.41, 5.74) is 20.8. The molecule has 4 unspecified atom stereocenters. The Balaban J connectivity index is 1.38. The number of aromatic amines is 1.